The number of benzene rings is 2. The molecule has 0 bridgehead atoms. The van der Waals surface area contributed by atoms with E-state index < -0.39 is 29.2 Å². The Morgan fingerprint density at radius 2 is 1.96 bits per heavy atom. The standard InChI is InChI=1S/C20H19ClF2N2O/c1-9-15-14(25-20(2,3)19(9)26)7-13(22)16(17(15)23)11-6-4-5-10-12(21)8-24-18(10)11/h4-9,19,24-26H,1-3H3/t9-,19+/m0/s1. The van der Waals surface area contributed by atoms with Crippen molar-refractivity contribution in [2.45, 2.75) is 38.3 Å². The van der Waals surface area contributed by atoms with Crippen LogP contribution in [0.5, 0.6) is 0 Å². The maximum Gasteiger partial charge on any atom is 0.139 e. The number of nitrogens with one attached hydrogen (secondary N) is 2. The highest BCUT2D eigenvalue weighted by Crippen LogP contribution is 2.45. The van der Waals surface area contributed by atoms with Gasteiger partial charge in [0.25, 0.3) is 0 Å². The van der Waals surface area contributed by atoms with E-state index in [0.29, 0.717) is 32.7 Å². The molecule has 4 rings (SSSR count). The van der Waals surface area contributed by atoms with Crippen LogP contribution in [0.4, 0.5) is 14.5 Å². The van der Waals surface area contributed by atoms with Gasteiger partial charge >= 0.3 is 0 Å². The highest BCUT2D eigenvalue weighted by atomic mass is 35.5. The summed E-state index contributed by atoms with van der Waals surface area (Å²) in [6.45, 7) is 5.37. The molecule has 0 saturated heterocycles. The number of H-pyrrole nitrogens is 1. The monoisotopic (exact) mass is 376 g/mol. The summed E-state index contributed by atoms with van der Waals surface area (Å²) < 4.78 is 30.4. The first-order valence-electron chi connectivity index (χ1n) is 8.46. The lowest BCUT2D eigenvalue weighted by Gasteiger charge is -2.42. The van der Waals surface area contributed by atoms with Crippen molar-refractivity contribution in [3.8, 4) is 11.1 Å². The highest BCUT2D eigenvalue weighted by Gasteiger charge is 2.41. The summed E-state index contributed by atoms with van der Waals surface area (Å²) in [6, 6.07) is 6.48. The minimum atomic E-state index is -0.807. The maximum atomic E-state index is 15.5. The number of rotatable bonds is 1. The van der Waals surface area contributed by atoms with E-state index in [2.05, 4.69) is 10.3 Å². The van der Waals surface area contributed by atoms with Gasteiger partial charge in [0, 0.05) is 34.3 Å². The van der Waals surface area contributed by atoms with Crippen molar-refractivity contribution in [3.63, 3.8) is 0 Å². The number of anilines is 1. The lowest BCUT2D eigenvalue weighted by Crippen LogP contribution is -2.50. The van der Waals surface area contributed by atoms with E-state index in [-0.39, 0.29) is 5.56 Å². The average molecular weight is 377 g/mol. The first kappa shape index (κ1) is 17.3. The zero-order chi connectivity index (χ0) is 18.8. The van der Waals surface area contributed by atoms with Gasteiger partial charge < -0.3 is 15.4 Å². The first-order chi connectivity index (χ1) is 12.2. The second-order valence-electron chi connectivity index (χ2n) is 7.45. The maximum absolute atomic E-state index is 15.5. The van der Waals surface area contributed by atoms with Crippen LogP contribution in [0.25, 0.3) is 22.0 Å². The zero-order valence-corrected chi connectivity index (χ0v) is 15.4. The number of hydrogen-bond acceptors (Lipinski definition) is 2. The molecule has 0 fully saturated rings. The SMILES string of the molecule is C[C@H]1c2c(cc(F)c(-c3cccc4c(Cl)c[nH]c34)c2F)NC(C)(C)[C@@H]1O. The van der Waals surface area contributed by atoms with Gasteiger partial charge in [-0.25, -0.2) is 8.78 Å². The number of halogens is 3. The second-order valence-corrected chi connectivity index (χ2v) is 7.86. The normalized spacial score (nSPS) is 21.5. The molecule has 1 aromatic heterocycles. The Balaban J connectivity index is 2.00. The van der Waals surface area contributed by atoms with Gasteiger partial charge in [0.1, 0.15) is 11.6 Å². The smallest absolute Gasteiger partial charge is 0.139 e. The summed E-state index contributed by atoms with van der Waals surface area (Å²) in [4.78, 5) is 2.99. The van der Waals surface area contributed by atoms with Gasteiger partial charge in [-0.15, -0.1) is 0 Å². The zero-order valence-electron chi connectivity index (χ0n) is 14.6. The van der Waals surface area contributed by atoms with E-state index in [0.717, 1.165) is 0 Å². The lowest BCUT2D eigenvalue weighted by atomic mass is 9.78. The van der Waals surface area contributed by atoms with Crippen LogP contribution in [-0.2, 0) is 0 Å². The topological polar surface area (TPSA) is 48.0 Å². The summed E-state index contributed by atoms with van der Waals surface area (Å²) in [5.74, 6) is -1.80. The van der Waals surface area contributed by atoms with Crippen LogP contribution in [0.1, 0.15) is 32.3 Å². The summed E-state index contributed by atoms with van der Waals surface area (Å²) in [5.41, 5.74) is 0.852. The number of aliphatic hydroxyl groups excluding tert-OH is 1. The number of hydrogen-bond donors (Lipinski definition) is 3. The van der Waals surface area contributed by atoms with Gasteiger partial charge in [-0.05, 0) is 19.9 Å². The molecular weight excluding hydrogens is 358 g/mol. The van der Waals surface area contributed by atoms with Crippen molar-refractivity contribution in [1.29, 1.82) is 0 Å². The second kappa shape index (κ2) is 5.69. The fraction of sp³-hybridized carbons (Fsp3) is 0.300. The van der Waals surface area contributed by atoms with Gasteiger partial charge in [-0.2, -0.15) is 0 Å². The molecule has 0 unspecified atom stereocenters. The van der Waals surface area contributed by atoms with E-state index in [1.54, 1.807) is 31.3 Å². The summed E-state index contributed by atoms with van der Waals surface area (Å²) in [6.07, 6.45) is 0.791. The molecule has 0 amide bonds. The minimum absolute atomic E-state index is 0.117. The van der Waals surface area contributed by atoms with Gasteiger partial charge in [-0.1, -0.05) is 36.7 Å². The Labute approximate surface area is 155 Å². The van der Waals surface area contributed by atoms with Crippen molar-refractivity contribution in [3.05, 3.63) is 52.7 Å². The van der Waals surface area contributed by atoms with E-state index >= 15 is 4.39 Å². The van der Waals surface area contributed by atoms with Crippen LogP contribution in [0.2, 0.25) is 5.02 Å². The van der Waals surface area contributed by atoms with E-state index in [1.807, 2.05) is 13.8 Å². The molecule has 136 valence electrons. The van der Waals surface area contributed by atoms with Crippen LogP contribution < -0.4 is 5.32 Å². The molecule has 3 aromatic rings. The Morgan fingerprint density at radius 1 is 1.23 bits per heavy atom. The third kappa shape index (κ3) is 2.34. The molecule has 2 aromatic carbocycles. The summed E-state index contributed by atoms with van der Waals surface area (Å²) in [7, 11) is 0. The van der Waals surface area contributed by atoms with Gasteiger partial charge in [0.15, 0.2) is 0 Å². The van der Waals surface area contributed by atoms with Gasteiger partial charge in [-0.3, -0.25) is 0 Å². The quantitative estimate of drug-likeness (QED) is 0.530. The molecule has 2 atom stereocenters. The number of aliphatic hydroxyl groups is 1. The highest BCUT2D eigenvalue weighted by molar-refractivity contribution is 6.36. The molecular formula is C20H19ClF2N2O. The van der Waals surface area contributed by atoms with Gasteiger partial charge in [0.05, 0.1) is 27.7 Å². The predicted molar refractivity (Wildman–Crippen MR) is 101 cm³/mol. The third-order valence-electron chi connectivity index (χ3n) is 5.32. The third-order valence-corrected chi connectivity index (χ3v) is 5.63. The Bertz CT molecular complexity index is 1030. The molecule has 0 aliphatic carbocycles. The van der Waals surface area contributed by atoms with Crippen LogP contribution in [-0.4, -0.2) is 21.7 Å². The lowest BCUT2D eigenvalue weighted by molar-refractivity contribution is 0.0854. The average Bonchev–Trinajstić information content (AvgIpc) is 2.94. The Hall–Kier alpha value is -2.11. The number of aromatic amines is 1. The summed E-state index contributed by atoms with van der Waals surface area (Å²) in [5, 5.41) is 14.8. The number of para-hydroxylation sites is 1. The van der Waals surface area contributed by atoms with Crippen molar-refractivity contribution in [2.75, 3.05) is 5.32 Å². The fourth-order valence-corrected chi connectivity index (χ4v) is 4.17. The van der Waals surface area contributed by atoms with Crippen LogP contribution in [0.15, 0.2) is 30.5 Å². The molecule has 1 aliphatic heterocycles. The van der Waals surface area contributed by atoms with Crippen molar-refractivity contribution in [2.24, 2.45) is 0 Å². The molecule has 6 heteroatoms. The van der Waals surface area contributed by atoms with Crippen molar-refractivity contribution in [1.82, 2.24) is 4.98 Å². The van der Waals surface area contributed by atoms with E-state index in [4.69, 9.17) is 11.6 Å². The van der Waals surface area contributed by atoms with Gasteiger partial charge in [0.2, 0.25) is 0 Å². The van der Waals surface area contributed by atoms with Crippen LogP contribution >= 0.6 is 11.6 Å². The van der Waals surface area contributed by atoms with Crippen molar-refractivity contribution >= 4 is 28.2 Å². The minimum Gasteiger partial charge on any atom is -0.390 e. The molecule has 1 aliphatic rings. The molecule has 2 heterocycles. The Morgan fingerprint density at radius 3 is 2.69 bits per heavy atom. The molecule has 26 heavy (non-hydrogen) atoms. The predicted octanol–water partition coefficient (Wildman–Crippen LogP) is 5.44. The molecule has 3 nitrogen and oxygen atoms in total. The number of aromatic nitrogens is 1. The molecule has 0 spiro atoms. The van der Waals surface area contributed by atoms with E-state index in [9.17, 15) is 9.50 Å². The number of fused-ring (bicyclic) bond motifs is 2. The van der Waals surface area contributed by atoms with Crippen LogP contribution in [0.3, 0.4) is 0 Å². The van der Waals surface area contributed by atoms with Crippen molar-refractivity contribution < 1.29 is 13.9 Å². The molecule has 0 saturated carbocycles. The van der Waals surface area contributed by atoms with Crippen LogP contribution in [0, 0.1) is 11.6 Å². The molecule has 0 radical (unpaired) electrons. The largest absolute Gasteiger partial charge is 0.390 e. The Kier molecular flexibility index (Phi) is 3.79. The first-order valence-corrected chi connectivity index (χ1v) is 8.84. The summed E-state index contributed by atoms with van der Waals surface area (Å²) >= 11 is 6.14. The van der Waals surface area contributed by atoms with E-state index in [1.165, 1.54) is 6.07 Å². The molecule has 3 N–H and O–H groups in total. The fourth-order valence-electron chi connectivity index (χ4n) is 3.96.